The minimum Gasteiger partial charge on any atom is -0.0999 e. The van der Waals surface area contributed by atoms with Crippen LogP contribution < -0.4 is 0 Å². The van der Waals surface area contributed by atoms with Crippen molar-refractivity contribution in [1.82, 2.24) is 0 Å². The van der Waals surface area contributed by atoms with Crippen molar-refractivity contribution in [3.63, 3.8) is 0 Å². The van der Waals surface area contributed by atoms with E-state index in [2.05, 4.69) is 147 Å². The summed E-state index contributed by atoms with van der Waals surface area (Å²) in [6.07, 6.45) is 16.4. The van der Waals surface area contributed by atoms with Crippen molar-refractivity contribution in [3.05, 3.63) is 142 Å². The lowest BCUT2D eigenvalue weighted by atomic mass is 9.83. The van der Waals surface area contributed by atoms with Crippen LogP contribution in [0, 0.1) is 13.8 Å². The molecule has 0 heterocycles. The van der Waals surface area contributed by atoms with Crippen molar-refractivity contribution in [1.29, 1.82) is 0 Å². The van der Waals surface area contributed by atoms with Crippen LogP contribution >= 0.6 is 0 Å². The Labute approximate surface area is 287 Å². The molecule has 0 bridgehead atoms. The highest BCUT2D eigenvalue weighted by molar-refractivity contribution is 5.89. The van der Waals surface area contributed by atoms with Crippen LogP contribution in [0.4, 0.5) is 0 Å². The summed E-state index contributed by atoms with van der Waals surface area (Å²) in [7, 11) is 0. The zero-order valence-electron chi connectivity index (χ0n) is 29.0. The Balaban J connectivity index is 0. The Morgan fingerprint density at radius 3 is 2.09 bits per heavy atom. The van der Waals surface area contributed by atoms with Gasteiger partial charge in [-0.05, 0) is 108 Å². The van der Waals surface area contributed by atoms with E-state index in [1.165, 1.54) is 60.9 Å². The minimum atomic E-state index is 0. The zero-order valence-corrected chi connectivity index (χ0v) is 29.0. The fourth-order valence-corrected chi connectivity index (χ4v) is 5.42. The maximum atomic E-state index is 4.11. The molecule has 1 aliphatic carbocycles. The van der Waals surface area contributed by atoms with Crippen LogP contribution in [0.25, 0.3) is 10.8 Å². The molecular weight excluding hydrogens is 553 g/mol. The van der Waals surface area contributed by atoms with Gasteiger partial charge < -0.3 is 0 Å². The first-order chi connectivity index (χ1) is 20.4. The van der Waals surface area contributed by atoms with Crippen molar-refractivity contribution in [2.75, 3.05) is 0 Å². The van der Waals surface area contributed by atoms with Gasteiger partial charge in [0.25, 0.3) is 0 Å². The van der Waals surface area contributed by atoms with Gasteiger partial charge in [0.15, 0.2) is 0 Å². The summed E-state index contributed by atoms with van der Waals surface area (Å²) >= 11 is 0. The van der Waals surface area contributed by atoms with Crippen LogP contribution in [-0.2, 0) is 18.3 Å². The Kier molecular flexibility index (Phi) is 20.8. The third-order valence-corrected chi connectivity index (χ3v) is 8.40. The van der Waals surface area contributed by atoms with E-state index >= 15 is 0 Å². The van der Waals surface area contributed by atoms with E-state index in [1.54, 1.807) is 0 Å². The summed E-state index contributed by atoms with van der Waals surface area (Å²) in [5.41, 5.74) is 12.7. The molecule has 0 saturated heterocycles. The molecule has 4 rings (SSSR count). The molecule has 0 heteroatoms. The van der Waals surface area contributed by atoms with Gasteiger partial charge in [-0.2, -0.15) is 0 Å². The van der Waals surface area contributed by atoms with Crippen molar-refractivity contribution < 1.29 is 0 Å². The van der Waals surface area contributed by atoms with Crippen LogP contribution in [-0.4, -0.2) is 0 Å². The molecule has 3 aromatic carbocycles. The molecule has 0 saturated carbocycles. The number of hydrogen-bond acceptors (Lipinski definition) is 0. The normalized spacial score (nSPS) is 12.3. The second-order valence-corrected chi connectivity index (χ2v) is 12.9. The van der Waals surface area contributed by atoms with Crippen molar-refractivity contribution in [3.8, 4) is 0 Å². The molecule has 0 aromatic heterocycles. The van der Waals surface area contributed by atoms with E-state index in [0.717, 1.165) is 32.1 Å². The van der Waals surface area contributed by atoms with Crippen LogP contribution in [0.3, 0.4) is 0 Å². The summed E-state index contributed by atoms with van der Waals surface area (Å²) in [6.45, 7) is 30.1. The summed E-state index contributed by atoms with van der Waals surface area (Å²) in [5, 5.41) is 2.72. The molecule has 1 unspecified atom stereocenters. The molecule has 0 radical (unpaired) electrons. The third kappa shape index (κ3) is 12.8. The number of hydrogen-bond donors (Lipinski definition) is 0. The molecule has 0 fully saturated rings. The Morgan fingerprint density at radius 2 is 1.50 bits per heavy atom. The maximum Gasteiger partial charge on any atom is 0.00670 e. The third-order valence-electron chi connectivity index (χ3n) is 8.40. The lowest BCUT2D eigenvalue weighted by Gasteiger charge is -2.22. The lowest BCUT2D eigenvalue weighted by molar-refractivity contribution is 0.588. The maximum absolute atomic E-state index is 4.11. The fourth-order valence-electron chi connectivity index (χ4n) is 5.42. The number of allylic oxidation sites excluding steroid dienone is 8. The first-order valence-corrected chi connectivity index (χ1v) is 16.4. The highest BCUT2D eigenvalue weighted by Crippen LogP contribution is 2.34. The topological polar surface area (TPSA) is 0 Å². The summed E-state index contributed by atoms with van der Waals surface area (Å²) < 4.78 is 0. The number of aryl methyl sites for hydroxylation is 2. The van der Waals surface area contributed by atoms with Gasteiger partial charge >= 0.3 is 0 Å². The molecule has 0 N–H and O–H groups in total. The predicted octanol–water partition coefficient (Wildman–Crippen LogP) is 14.9. The summed E-state index contributed by atoms with van der Waals surface area (Å²) in [5.74, 6) is 0.387. The van der Waals surface area contributed by atoms with Gasteiger partial charge in [-0.15, -0.1) is 0 Å². The average molecular weight is 623 g/mol. The summed E-state index contributed by atoms with van der Waals surface area (Å²) in [4.78, 5) is 0. The number of fused-ring (bicyclic) bond motifs is 1. The van der Waals surface area contributed by atoms with Crippen molar-refractivity contribution in [2.24, 2.45) is 0 Å². The fraction of sp³-hybridized carbons (Fsp3) is 0.435. The molecule has 0 nitrogen and oxygen atoms in total. The van der Waals surface area contributed by atoms with Gasteiger partial charge in [0.05, 0.1) is 0 Å². The van der Waals surface area contributed by atoms with E-state index in [1.807, 2.05) is 13.8 Å². The minimum absolute atomic E-state index is 0. The van der Waals surface area contributed by atoms with E-state index in [9.17, 15) is 0 Å². The largest absolute Gasteiger partial charge is 0.0999 e. The molecule has 46 heavy (non-hydrogen) atoms. The first kappa shape index (κ1) is 44.7. The van der Waals surface area contributed by atoms with E-state index in [0.29, 0.717) is 5.92 Å². The predicted molar refractivity (Wildman–Crippen MR) is 216 cm³/mol. The van der Waals surface area contributed by atoms with Gasteiger partial charge in [0.1, 0.15) is 0 Å². The van der Waals surface area contributed by atoms with Crippen molar-refractivity contribution in [2.45, 2.75) is 135 Å². The molecule has 0 aliphatic heterocycles. The molecule has 1 aliphatic rings. The highest BCUT2D eigenvalue weighted by Gasteiger charge is 2.17. The Morgan fingerprint density at radius 1 is 0.870 bits per heavy atom. The summed E-state index contributed by atoms with van der Waals surface area (Å²) in [6, 6.07) is 18.1. The molecular formula is C46H70. The SMILES string of the molecule is C.C.C.C=C(C)Cc1ccc(C(C)C2=CC=CCC=C2)c2ccccc12.C=C(CC)CCc1cc(C(C)(C)C)cc(C)c1C.CC. The Hall–Kier alpha value is -3.38. The number of rotatable bonds is 8. The molecule has 0 amide bonds. The molecule has 1 atom stereocenters. The van der Waals surface area contributed by atoms with Gasteiger partial charge in [-0.3, -0.25) is 0 Å². The highest BCUT2D eigenvalue weighted by atomic mass is 14.2. The molecule has 254 valence electrons. The van der Waals surface area contributed by atoms with Crippen molar-refractivity contribution >= 4 is 10.8 Å². The van der Waals surface area contributed by atoms with E-state index in [4.69, 9.17) is 0 Å². The zero-order chi connectivity index (χ0) is 32.2. The van der Waals surface area contributed by atoms with Crippen LogP contribution in [0.1, 0.15) is 136 Å². The second-order valence-electron chi connectivity index (χ2n) is 12.9. The Bertz CT molecular complexity index is 1460. The van der Waals surface area contributed by atoms with Gasteiger partial charge in [-0.25, -0.2) is 0 Å². The smallest absolute Gasteiger partial charge is 0.00670 e. The van der Waals surface area contributed by atoms with E-state index < -0.39 is 0 Å². The van der Waals surface area contributed by atoms with Crippen LogP contribution in [0.15, 0.2) is 109 Å². The standard InChI is InChI=1S/C23H24.C18H28.C2H6.3CH4/c1-17(2)16-20-14-15-21(23-13-9-8-12-22(20)23)18(3)19-10-6-4-5-7-11-19;1-8-13(2)9-10-16-12-17(18(5,6)7)11-14(3)15(16)4;1-2;;;/h4,6-15,18H,1,5,16H2,2-3H3;11-12H,2,8-10H2,1,3-7H3;1-2H3;3*1H4. The first-order valence-electron chi connectivity index (χ1n) is 16.4. The molecule has 3 aromatic rings. The molecule has 0 spiro atoms. The average Bonchev–Trinajstić information content (AvgIpc) is 3.28. The van der Waals surface area contributed by atoms with Gasteiger partial charge in [0, 0.05) is 5.92 Å². The number of benzene rings is 3. The van der Waals surface area contributed by atoms with E-state index in [-0.39, 0.29) is 27.7 Å². The monoisotopic (exact) mass is 623 g/mol. The quantitative estimate of drug-likeness (QED) is 0.219. The van der Waals surface area contributed by atoms with Crippen LogP contribution in [0.2, 0.25) is 0 Å². The van der Waals surface area contributed by atoms with Crippen LogP contribution in [0.5, 0.6) is 0 Å². The second kappa shape index (κ2) is 21.4. The van der Waals surface area contributed by atoms with Gasteiger partial charge in [0.2, 0.25) is 0 Å². The lowest BCUT2D eigenvalue weighted by Crippen LogP contribution is -2.12. The van der Waals surface area contributed by atoms with Gasteiger partial charge in [-0.1, -0.05) is 174 Å².